The van der Waals surface area contributed by atoms with E-state index in [4.69, 9.17) is 5.11 Å². The fourth-order valence-corrected chi connectivity index (χ4v) is 3.15. The molecular formula is C13H19N3O3S. The average Bonchev–Trinajstić information content (AvgIpc) is 2.88. The SMILES string of the molecule is CC(NC(=O)C1NCCCC1C)c1nc(C(=O)O)cs1. The molecule has 3 atom stereocenters. The van der Waals surface area contributed by atoms with E-state index < -0.39 is 5.97 Å². The van der Waals surface area contributed by atoms with E-state index in [-0.39, 0.29) is 23.7 Å². The predicted molar refractivity (Wildman–Crippen MR) is 75.8 cm³/mol. The van der Waals surface area contributed by atoms with Gasteiger partial charge in [0.05, 0.1) is 12.1 Å². The molecule has 0 bridgehead atoms. The minimum Gasteiger partial charge on any atom is -0.476 e. The van der Waals surface area contributed by atoms with Gasteiger partial charge in [-0.25, -0.2) is 9.78 Å². The van der Waals surface area contributed by atoms with Gasteiger partial charge in [0.25, 0.3) is 0 Å². The Morgan fingerprint density at radius 3 is 2.95 bits per heavy atom. The van der Waals surface area contributed by atoms with Gasteiger partial charge in [-0.2, -0.15) is 0 Å². The topological polar surface area (TPSA) is 91.3 Å². The molecule has 0 saturated carbocycles. The summed E-state index contributed by atoms with van der Waals surface area (Å²) in [6.07, 6.45) is 2.13. The van der Waals surface area contributed by atoms with Crippen molar-refractivity contribution >= 4 is 23.2 Å². The van der Waals surface area contributed by atoms with E-state index in [1.807, 2.05) is 6.92 Å². The van der Waals surface area contributed by atoms with Crippen molar-refractivity contribution in [1.29, 1.82) is 0 Å². The van der Waals surface area contributed by atoms with Crippen molar-refractivity contribution < 1.29 is 14.7 Å². The van der Waals surface area contributed by atoms with Crippen molar-refractivity contribution in [3.63, 3.8) is 0 Å². The van der Waals surface area contributed by atoms with Gasteiger partial charge in [0.1, 0.15) is 5.01 Å². The van der Waals surface area contributed by atoms with E-state index >= 15 is 0 Å². The van der Waals surface area contributed by atoms with Crippen LogP contribution in [0.4, 0.5) is 0 Å². The number of nitrogens with zero attached hydrogens (tertiary/aromatic N) is 1. The van der Waals surface area contributed by atoms with Crippen molar-refractivity contribution in [3.05, 3.63) is 16.1 Å². The zero-order valence-electron chi connectivity index (χ0n) is 11.5. The Kier molecular flexibility index (Phi) is 4.72. The molecule has 3 N–H and O–H groups in total. The molecule has 1 aliphatic rings. The number of piperidine rings is 1. The summed E-state index contributed by atoms with van der Waals surface area (Å²) in [5.41, 5.74) is 0.0234. The van der Waals surface area contributed by atoms with Gasteiger partial charge in [0, 0.05) is 5.38 Å². The number of aromatic nitrogens is 1. The third-order valence-electron chi connectivity index (χ3n) is 3.52. The van der Waals surface area contributed by atoms with E-state index in [1.165, 1.54) is 16.7 Å². The fourth-order valence-electron chi connectivity index (χ4n) is 2.35. The van der Waals surface area contributed by atoms with Crippen molar-refractivity contribution in [2.45, 2.75) is 38.8 Å². The third kappa shape index (κ3) is 3.34. The first-order chi connectivity index (χ1) is 9.49. The maximum Gasteiger partial charge on any atom is 0.355 e. The molecule has 1 aromatic heterocycles. The number of thiazole rings is 1. The molecule has 6 nitrogen and oxygen atoms in total. The van der Waals surface area contributed by atoms with Crippen molar-refractivity contribution in [2.75, 3.05) is 6.54 Å². The number of amides is 1. The molecule has 110 valence electrons. The fraction of sp³-hybridized carbons (Fsp3) is 0.615. The lowest BCUT2D eigenvalue weighted by atomic mass is 9.92. The van der Waals surface area contributed by atoms with Gasteiger partial charge in [-0.15, -0.1) is 11.3 Å². The Morgan fingerprint density at radius 1 is 1.60 bits per heavy atom. The van der Waals surface area contributed by atoms with Crippen molar-refractivity contribution in [2.24, 2.45) is 5.92 Å². The average molecular weight is 297 g/mol. The summed E-state index contributed by atoms with van der Waals surface area (Å²) in [6, 6.07) is -0.457. The molecule has 2 rings (SSSR count). The summed E-state index contributed by atoms with van der Waals surface area (Å²) in [7, 11) is 0. The first-order valence-corrected chi connectivity index (χ1v) is 7.59. The lowest BCUT2D eigenvalue weighted by molar-refractivity contribution is -0.125. The van der Waals surface area contributed by atoms with Gasteiger partial charge in [0.15, 0.2) is 5.69 Å². The highest BCUT2D eigenvalue weighted by atomic mass is 32.1. The summed E-state index contributed by atoms with van der Waals surface area (Å²) in [5.74, 6) is -0.785. The number of carbonyl (C=O) groups is 2. The van der Waals surface area contributed by atoms with Crippen LogP contribution < -0.4 is 10.6 Å². The van der Waals surface area contributed by atoms with E-state index in [0.29, 0.717) is 10.9 Å². The van der Waals surface area contributed by atoms with Crippen LogP contribution in [-0.2, 0) is 4.79 Å². The molecule has 20 heavy (non-hydrogen) atoms. The van der Waals surface area contributed by atoms with Crippen LogP contribution in [0.25, 0.3) is 0 Å². The number of hydrogen-bond donors (Lipinski definition) is 3. The monoisotopic (exact) mass is 297 g/mol. The second kappa shape index (κ2) is 6.32. The van der Waals surface area contributed by atoms with Gasteiger partial charge in [-0.3, -0.25) is 4.79 Å². The van der Waals surface area contributed by atoms with Crippen LogP contribution in [0.15, 0.2) is 5.38 Å². The first kappa shape index (κ1) is 14.9. The zero-order valence-corrected chi connectivity index (χ0v) is 12.4. The normalized spacial score (nSPS) is 24.1. The summed E-state index contributed by atoms with van der Waals surface area (Å²) < 4.78 is 0. The smallest absolute Gasteiger partial charge is 0.355 e. The molecule has 2 heterocycles. The molecule has 7 heteroatoms. The van der Waals surface area contributed by atoms with Crippen LogP contribution in [-0.4, -0.2) is 34.6 Å². The molecule has 1 fully saturated rings. The minimum absolute atomic E-state index is 0.0234. The third-order valence-corrected chi connectivity index (χ3v) is 4.55. The Labute approximate surface area is 121 Å². The number of rotatable bonds is 4. The van der Waals surface area contributed by atoms with Gasteiger partial charge >= 0.3 is 5.97 Å². The molecule has 0 spiro atoms. The number of carbonyl (C=O) groups excluding carboxylic acids is 1. The highest BCUT2D eigenvalue weighted by Gasteiger charge is 2.28. The van der Waals surface area contributed by atoms with Crippen LogP contribution in [0.3, 0.4) is 0 Å². The molecular weight excluding hydrogens is 278 g/mol. The van der Waals surface area contributed by atoms with E-state index in [9.17, 15) is 9.59 Å². The predicted octanol–water partition coefficient (Wildman–Crippen LogP) is 1.41. The lowest BCUT2D eigenvalue weighted by Gasteiger charge is -2.29. The van der Waals surface area contributed by atoms with Crippen LogP contribution >= 0.6 is 11.3 Å². The summed E-state index contributed by atoms with van der Waals surface area (Å²) in [6.45, 7) is 4.74. The quantitative estimate of drug-likeness (QED) is 0.781. The van der Waals surface area contributed by atoms with Gasteiger partial charge in [0.2, 0.25) is 5.91 Å². The number of aromatic carboxylic acids is 1. The Hall–Kier alpha value is -1.47. The highest BCUT2D eigenvalue weighted by molar-refractivity contribution is 7.09. The van der Waals surface area contributed by atoms with Crippen LogP contribution in [0.5, 0.6) is 0 Å². The number of hydrogen-bond acceptors (Lipinski definition) is 5. The summed E-state index contributed by atoms with van der Waals surface area (Å²) in [4.78, 5) is 27.0. The number of carboxylic acid groups (broad SMARTS) is 1. The number of carboxylic acids is 1. The molecule has 3 unspecified atom stereocenters. The van der Waals surface area contributed by atoms with Crippen LogP contribution in [0, 0.1) is 5.92 Å². The zero-order chi connectivity index (χ0) is 14.7. The number of nitrogens with one attached hydrogen (secondary N) is 2. The van der Waals surface area contributed by atoms with Gasteiger partial charge in [-0.1, -0.05) is 6.92 Å². The Morgan fingerprint density at radius 2 is 2.35 bits per heavy atom. The van der Waals surface area contributed by atoms with Crippen LogP contribution in [0.2, 0.25) is 0 Å². The lowest BCUT2D eigenvalue weighted by Crippen LogP contribution is -2.51. The largest absolute Gasteiger partial charge is 0.476 e. The first-order valence-electron chi connectivity index (χ1n) is 6.71. The summed E-state index contributed by atoms with van der Waals surface area (Å²) in [5, 5.41) is 17.1. The Balaban J connectivity index is 1.97. The molecule has 1 aliphatic heterocycles. The maximum absolute atomic E-state index is 12.2. The van der Waals surface area contributed by atoms with Crippen LogP contribution in [0.1, 0.15) is 48.2 Å². The maximum atomic E-state index is 12.2. The molecule has 1 aromatic rings. The van der Waals surface area contributed by atoms with Crippen molar-refractivity contribution in [3.8, 4) is 0 Å². The minimum atomic E-state index is -1.05. The standard InChI is InChI=1S/C13H19N3O3S/c1-7-4-3-5-14-10(7)11(17)15-8(2)12-16-9(6-20-12)13(18)19/h6-8,10,14H,3-5H2,1-2H3,(H,15,17)(H,18,19). The molecule has 1 amide bonds. The molecule has 0 aromatic carbocycles. The van der Waals surface area contributed by atoms with E-state index in [1.54, 1.807) is 0 Å². The van der Waals surface area contributed by atoms with Crippen molar-refractivity contribution in [1.82, 2.24) is 15.6 Å². The summed E-state index contributed by atoms with van der Waals surface area (Å²) >= 11 is 1.25. The van der Waals surface area contributed by atoms with E-state index in [2.05, 4.69) is 22.5 Å². The molecule has 1 saturated heterocycles. The molecule has 0 radical (unpaired) electrons. The second-order valence-corrected chi connectivity index (χ2v) is 6.05. The molecule has 0 aliphatic carbocycles. The van der Waals surface area contributed by atoms with Gasteiger partial charge < -0.3 is 15.7 Å². The van der Waals surface area contributed by atoms with E-state index in [0.717, 1.165) is 19.4 Å². The second-order valence-electron chi connectivity index (χ2n) is 5.16. The van der Waals surface area contributed by atoms with Gasteiger partial charge in [-0.05, 0) is 32.2 Å². The Bertz CT molecular complexity index is 503. The highest BCUT2D eigenvalue weighted by Crippen LogP contribution is 2.20.